The van der Waals surface area contributed by atoms with Crippen LogP contribution in [-0.2, 0) is 17.1 Å². The van der Waals surface area contributed by atoms with E-state index in [0.29, 0.717) is 22.5 Å². The number of rotatable bonds is 6. The van der Waals surface area contributed by atoms with Crippen molar-refractivity contribution in [3.05, 3.63) is 82.7 Å². The maximum atomic E-state index is 12.9. The number of para-hydroxylation sites is 2. The minimum Gasteiger partial charge on any atom is -0.368 e. The molecule has 4 rings (SSSR count). The highest BCUT2D eigenvalue weighted by molar-refractivity contribution is 7.98. The van der Waals surface area contributed by atoms with Gasteiger partial charge in [0.2, 0.25) is 5.91 Å². The first-order chi connectivity index (χ1) is 14.0. The van der Waals surface area contributed by atoms with E-state index in [2.05, 4.69) is 9.97 Å². The zero-order chi connectivity index (χ0) is 20.4. The number of fused-ring (bicyclic) bond motifs is 1. The van der Waals surface area contributed by atoms with Crippen molar-refractivity contribution in [3.8, 4) is 5.69 Å². The second-order valence-corrected chi connectivity index (χ2v) is 7.50. The molecule has 2 aromatic carbocycles. The summed E-state index contributed by atoms with van der Waals surface area (Å²) in [5, 5.41) is 1.23. The highest BCUT2D eigenvalue weighted by atomic mass is 32.2. The van der Waals surface area contributed by atoms with Crippen LogP contribution in [0, 0.1) is 6.92 Å². The van der Waals surface area contributed by atoms with Crippen LogP contribution in [0.2, 0.25) is 0 Å². The van der Waals surface area contributed by atoms with Crippen LogP contribution in [0.4, 0.5) is 0 Å². The molecule has 0 atom stereocenters. The third kappa shape index (κ3) is 3.79. The van der Waals surface area contributed by atoms with Gasteiger partial charge in [-0.3, -0.25) is 18.7 Å². The van der Waals surface area contributed by atoms with Gasteiger partial charge in [0.25, 0.3) is 5.56 Å². The van der Waals surface area contributed by atoms with Gasteiger partial charge < -0.3 is 5.73 Å². The number of amides is 1. The number of primary amides is 1. The molecule has 1 amide bonds. The van der Waals surface area contributed by atoms with Gasteiger partial charge >= 0.3 is 0 Å². The van der Waals surface area contributed by atoms with Crippen LogP contribution >= 0.6 is 11.8 Å². The molecule has 4 aromatic rings. The number of nitrogens with zero attached hydrogens (tertiary/aromatic N) is 4. The number of hydrogen-bond donors (Lipinski definition) is 1. The van der Waals surface area contributed by atoms with Crippen molar-refractivity contribution in [2.24, 2.45) is 5.73 Å². The molecule has 0 aliphatic rings. The summed E-state index contributed by atoms with van der Waals surface area (Å²) in [6.07, 6.45) is 3.63. The van der Waals surface area contributed by atoms with Gasteiger partial charge in [0, 0.05) is 12.4 Å². The second kappa shape index (κ2) is 7.92. The predicted octanol–water partition coefficient (Wildman–Crippen LogP) is 2.67. The van der Waals surface area contributed by atoms with E-state index in [1.54, 1.807) is 24.4 Å². The van der Waals surface area contributed by atoms with Crippen LogP contribution in [0.5, 0.6) is 0 Å². The van der Waals surface area contributed by atoms with Crippen molar-refractivity contribution >= 4 is 28.6 Å². The lowest BCUT2D eigenvalue weighted by Gasteiger charge is -2.13. The molecule has 0 saturated heterocycles. The Hall–Kier alpha value is -3.39. The largest absolute Gasteiger partial charge is 0.368 e. The summed E-state index contributed by atoms with van der Waals surface area (Å²) in [6.45, 7) is 1.83. The smallest absolute Gasteiger partial charge is 0.261 e. The standard InChI is InChI=1S/C21H19N5O2S/c1-14-6-2-5-9-17(14)25-11-10-23-21(25)29-13-19-24-16-8-4-3-7-15(16)20(28)26(19)12-18(22)27/h2-11H,12-13H2,1H3,(H2,22,27). The van der Waals surface area contributed by atoms with Crippen molar-refractivity contribution in [1.82, 2.24) is 19.1 Å². The van der Waals surface area contributed by atoms with E-state index in [0.717, 1.165) is 16.4 Å². The molecule has 29 heavy (non-hydrogen) atoms. The maximum absolute atomic E-state index is 12.9. The first kappa shape index (κ1) is 18.9. The fraction of sp³-hybridized carbons (Fsp3) is 0.143. The van der Waals surface area contributed by atoms with Crippen LogP contribution in [0.25, 0.3) is 16.6 Å². The van der Waals surface area contributed by atoms with E-state index in [4.69, 9.17) is 5.73 Å². The summed E-state index contributed by atoms with van der Waals surface area (Å²) in [7, 11) is 0. The molecule has 0 aliphatic carbocycles. The lowest BCUT2D eigenvalue weighted by molar-refractivity contribution is -0.118. The number of thioether (sulfide) groups is 1. The summed E-state index contributed by atoms with van der Waals surface area (Å²) in [6, 6.07) is 15.1. The summed E-state index contributed by atoms with van der Waals surface area (Å²) >= 11 is 1.45. The quantitative estimate of drug-likeness (QED) is 0.498. The van der Waals surface area contributed by atoms with Crippen molar-refractivity contribution in [3.63, 3.8) is 0 Å². The molecule has 2 heterocycles. The number of aryl methyl sites for hydroxylation is 1. The van der Waals surface area contributed by atoms with Gasteiger partial charge in [0.1, 0.15) is 12.4 Å². The zero-order valence-corrected chi connectivity index (χ0v) is 16.6. The number of nitrogens with two attached hydrogens (primary N) is 1. The summed E-state index contributed by atoms with van der Waals surface area (Å²) in [4.78, 5) is 33.4. The summed E-state index contributed by atoms with van der Waals surface area (Å²) in [5.41, 5.74) is 7.85. The number of carbonyl (C=O) groups excluding carboxylic acids is 1. The van der Waals surface area contributed by atoms with Crippen LogP contribution in [-0.4, -0.2) is 25.0 Å². The highest BCUT2D eigenvalue weighted by Gasteiger charge is 2.15. The van der Waals surface area contributed by atoms with Crippen molar-refractivity contribution in [2.45, 2.75) is 24.4 Å². The van der Waals surface area contributed by atoms with Crippen molar-refractivity contribution in [1.29, 1.82) is 0 Å². The Kier molecular flexibility index (Phi) is 5.18. The van der Waals surface area contributed by atoms with Crippen molar-refractivity contribution < 1.29 is 4.79 Å². The zero-order valence-electron chi connectivity index (χ0n) is 15.8. The van der Waals surface area contributed by atoms with Gasteiger partial charge in [-0.15, -0.1) is 0 Å². The fourth-order valence-corrected chi connectivity index (χ4v) is 4.10. The Labute approximate surface area is 171 Å². The molecule has 0 bridgehead atoms. The number of benzene rings is 2. The molecule has 0 saturated carbocycles. The SMILES string of the molecule is Cc1ccccc1-n1ccnc1SCc1nc2ccccc2c(=O)n1CC(N)=O. The van der Waals surface area contributed by atoms with Crippen molar-refractivity contribution in [2.75, 3.05) is 0 Å². The van der Waals surface area contributed by atoms with Gasteiger partial charge in [0.15, 0.2) is 5.16 Å². The number of imidazole rings is 1. The van der Waals surface area contributed by atoms with E-state index in [1.807, 2.05) is 48.0 Å². The van der Waals surface area contributed by atoms with Crippen LogP contribution in [0.3, 0.4) is 0 Å². The van der Waals surface area contributed by atoms with Crippen LogP contribution in [0.15, 0.2) is 70.9 Å². The predicted molar refractivity (Wildman–Crippen MR) is 113 cm³/mol. The lowest BCUT2D eigenvalue weighted by atomic mass is 10.2. The Morgan fingerprint density at radius 3 is 2.69 bits per heavy atom. The van der Waals surface area contributed by atoms with Gasteiger partial charge in [-0.1, -0.05) is 42.1 Å². The Morgan fingerprint density at radius 1 is 1.14 bits per heavy atom. The Bertz CT molecular complexity index is 1260. The highest BCUT2D eigenvalue weighted by Crippen LogP contribution is 2.25. The monoisotopic (exact) mass is 405 g/mol. The third-order valence-electron chi connectivity index (χ3n) is 4.57. The topological polar surface area (TPSA) is 95.8 Å². The molecular weight excluding hydrogens is 386 g/mol. The van der Waals surface area contributed by atoms with Gasteiger partial charge in [-0.2, -0.15) is 0 Å². The minimum atomic E-state index is -0.586. The molecule has 2 aromatic heterocycles. The van der Waals surface area contributed by atoms with E-state index in [9.17, 15) is 9.59 Å². The van der Waals surface area contributed by atoms with Crippen LogP contribution < -0.4 is 11.3 Å². The number of carbonyl (C=O) groups is 1. The maximum Gasteiger partial charge on any atom is 0.261 e. The Balaban J connectivity index is 1.71. The fourth-order valence-electron chi connectivity index (χ4n) is 3.19. The number of aromatic nitrogens is 4. The average Bonchev–Trinajstić information content (AvgIpc) is 3.17. The minimum absolute atomic E-state index is 0.210. The third-order valence-corrected chi connectivity index (χ3v) is 5.53. The number of hydrogen-bond acceptors (Lipinski definition) is 5. The van der Waals surface area contributed by atoms with E-state index in [-0.39, 0.29) is 12.1 Å². The van der Waals surface area contributed by atoms with E-state index in [1.165, 1.54) is 16.3 Å². The van der Waals surface area contributed by atoms with Gasteiger partial charge in [-0.05, 0) is 30.7 Å². The molecule has 2 N–H and O–H groups in total. The molecule has 0 fully saturated rings. The Morgan fingerprint density at radius 2 is 1.90 bits per heavy atom. The first-order valence-corrected chi connectivity index (χ1v) is 10.0. The molecule has 0 spiro atoms. The normalized spacial score (nSPS) is 11.1. The molecule has 0 radical (unpaired) electrons. The second-order valence-electron chi connectivity index (χ2n) is 6.56. The van der Waals surface area contributed by atoms with Gasteiger partial charge in [-0.25, -0.2) is 9.97 Å². The average molecular weight is 405 g/mol. The van der Waals surface area contributed by atoms with E-state index < -0.39 is 5.91 Å². The van der Waals surface area contributed by atoms with Crippen LogP contribution in [0.1, 0.15) is 11.4 Å². The molecule has 0 unspecified atom stereocenters. The summed E-state index contributed by atoms with van der Waals surface area (Å²) < 4.78 is 3.34. The lowest BCUT2D eigenvalue weighted by Crippen LogP contribution is -2.31. The summed E-state index contributed by atoms with van der Waals surface area (Å²) in [5.74, 6) is 0.268. The molecule has 146 valence electrons. The van der Waals surface area contributed by atoms with Gasteiger partial charge in [0.05, 0.1) is 22.3 Å². The molecule has 7 nitrogen and oxygen atoms in total. The molecule has 0 aliphatic heterocycles. The molecule has 8 heteroatoms. The van der Waals surface area contributed by atoms with E-state index >= 15 is 0 Å². The molecular formula is C21H19N5O2S. The first-order valence-electron chi connectivity index (χ1n) is 9.03.